The Hall–Kier alpha value is -0.210. The SMILES string of the molecule is CC(C)C.CCCC(F)(F)F. The van der Waals surface area contributed by atoms with Crippen molar-refractivity contribution in [3.05, 3.63) is 0 Å². The summed E-state index contributed by atoms with van der Waals surface area (Å²) in [6, 6.07) is 0. The van der Waals surface area contributed by atoms with Crippen LogP contribution in [-0.4, -0.2) is 6.18 Å². The lowest BCUT2D eigenvalue weighted by Crippen LogP contribution is -2.04. The summed E-state index contributed by atoms with van der Waals surface area (Å²) in [4.78, 5) is 0. The Kier molecular flexibility index (Phi) is 7.91. The summed E-state index contributed by atoms with van der Waals surface area (Å²) in [6.07, 6.45) is -4.43. The van der Waals surface area contributed by atoms with E-state index >= 15 is 0 Å². The van der Waals surface area contributed by atoms with Gasteiger partial charge in [0.2, 0.25) is 0 Å². The van der Waals surface area contributed by atoms with E-state index in [1.807, 2.05) is 0 Å². The van der Waals surface area contributed by atoms with Gasteiger partial charge >= 0.3 is 6.18 Å². The van der Waals surface area contributed by atoms with Gasteiger partial charge in [-0.2, -0.15) is 13.2 Å². The van der Waals surface area contributed by atoms with Crippen molar-refractivity contribution < 1.29 is 13.2 Å². The van der Waals surface area contributed by atoms with Crippen molar-refractivity contribution in [2.24, 2.45) is 5.92 Å². The van der Waals surface area contributed by atoms with Gasteiger partial charge in [0.25, 0.3) is 0 Å². The van der Waals surface area contributed by atoms with E-state index in [-0.39, 0.29) is 6.42 Å². The van der Waals surface area contributed by atoms with Crippen molar-refractivity contribution in [2.75, 3.05) is 0 Å². The molecule has 0 aromatic carbocycles. The maximum Gasteiger partial charge on any atom is 0.389 e. The molecule has 0 aromatic heterocycles. The van der Waals surface area contributed by atoms with Crippen molar-refractivity contribution in [2.45, 2.75) is 46.7 Å². The van der Waals surface area contributed by atoms with Gasteiger partial charge in [-0.25, -0.2) is 0 Å². The Labute approximate surface area is 66.8 Å². The summed E-state index contributed by atoms with van der Waals surface area (Å²) < 4.78 is 33.2. The van der Waals surface area contributed by atoms with E-state index in [4.69, 9.17) is 0 Å². The van der Waals surface area contributed by atoms with E-state index in [2.05, 4.69) is 20.8 Å². The van der Waals surface area contributed by atoms with E-state index in [1.54, 1.807) is 0 Å². The molecule has 0 atom stereocenters. The normalized spacial score (nSPS) is 10.9. The summed E-state index contributed by atoms with van der Waals surface area (Å²) >= 11 is 0. The first-order valence-electron chi connectivity index (χ1n) is 3.86. The number of alkyl halides is 3. The van der Waals surface area contributed by atoms with Gasteiger partial charge in [0.15, 0.2) is 0 Å². The van der Waals surface area contributed by atoms with Crippen molar-refractivity contribution in [1.29, 1.82) is 0 Å². The van der Waals surface area contributed by atoms with Gasteiger partial charge in [-0.1, -0.05) is 27.7 Å². The number of hydrogen-bond donors (Lipinski definition) is 0. The predicted octanol–water partition coefficient (Wildman–Crippen LogP) is 4.01. The second kappa shape index (κ2) is 6.50. The molecule has 0 aliphatic carbocycles. The van der Waals surface area contributed by atoms with Crippen LogP contribution >= 0.6 is 0 Å². The van der Waals surface area contributed by atoms with Gasteiger partial charge in [0.1, 0.15) is 0 Å². The highest BCUT2D eigenvalue weighted by atomic mass is 19.4. The number of halogens is 3. The lowest BCUT2D eigenvalue weighted by molar-refractivity contribution is -0.134. The highest BCUT2D eigenvalue weighted by molar-refractivity contribution is 4.44. The Morgan fingerprint density at radius 1 is 1.09 bits per heavy atom. The molecule has 3 heteroatoms. The fraction of sp³-hybridized carbons (Fsp3) is 1.00. The molecule has 0 bridgehead atoms. The van der Waals surface area contributed by atoms with E-state index < -0.39 is 12.6 Å². The number of hydrogen-bond acceptors (Lipinski definition) is 0. The molecule has 0 unspecified atom stereocenters. The van der Waals surface area contributed by atoms with Gasteiger partial charge in [-0.15, -0.1) is 0 Å². The van der Waals surface area contributed by atoms with E-state index in [1.165, 1.54) is 6.92 Å². The van der Waals surface area contributed by atoms with Gasteiger partial charge in [-0.3, -0.25) is 0 Å². The third kappa shape index (κ3) is 41.4. The van der Waals surface area contributed by atoms with Crippen LogP contribution in [0.2, 0.25) is 0 Å². The van der Waals surface area contributed by atoms with Crippen LogP contribution < -0.4 is 0 Å². The van der Waals surface area contributed by atoms with Crippen LogP contribution in [0.3, 0.4) is 0 Å². The topological polar surface area (TPSA) is 0 Å². The van der Waals surface area contributed by atoms with Gasteiger partial charge in [0.05, 0.1) is 0 Å². The van der Waals surface area contributed by atoms with Crippen molar-refractivity contribution in [3.8, 4) is 0 Å². The highest BCUT2D eigenvalue weighted by Gasteiger charge is 2.24. The van der Waals surface area contributed by atoms with Crippen LogP contribution in [0.15, 0.2) is 0 Å². The molecule has 0 N–H and O–H groups in total. The summed E-state index contributed by atoms with van der Waals surface area (Å²) in [5.74, 6) is 0.833. The monoisotopic (exact) mass is 170 g/mol. The van der Waals surface area contributed by atoms with Crippen LogP contribution in [0.4, 0.5) is 13.2 Å². The van der Waals surface area contributed by atoms with Crippen LogP contribution in [0.1, 0.15) is 40.5 Å². The largest absolute Gasteiger partial charge is 0.389 e. The summed E-state index contributed by atoms with van der Waals surface area (Å²) in [5.41, 5.74) is 0. The first-order valence-corrected chi connectivity index (χ1v) is 3.86. The highest BCUT2D eigenvalue weighted by Crippen LogP contribution is 2.20. The van der Waals surface area contributed by atoms with Crippen molar-refractivity contribution in [3.63, 3.8) is 0 Å². The number of rotatable bonds is 1. The van der Waals surface area contributed by atoms with E-state index in [9.17, 15) is 13.2 Å². The second-order valence-corrected chi connectivity index (χ2v) is 3.10. The lowest BCUT2D eigenvalue weighted by atomic mass is 10.3. The molecule has 0 aliphatic heterocycles. The van der Waals surface area contributed by atoms with Crippen molar-refractivity contribution in [1.82, 2.24) is 0 Å². The molecule has 0 spiro atoms. The Morgan fingerprint density at radius 2 is 1.36 bits per heavy atom. The Morgan fingerprint density at radius 3 is 1.36 bits per heavy atom. The van der Waals surface area contributed by atoms with Crippen LogP contribution in [0.25, 0.3) is 0 Å². The first-order chi connectivity index (χ1) is 4.79. The zero-order chi connectivity index (χ0) is 9.49. The molecule has 0 heterocycles. The summed E-state index contributed by atoms with van der Waals surface area (Å²) in [6.45, 7) is 8.01. The summed E-state index contributed by atoms with van der Waals surface area (Å²) in [7, 11) is 0. The molecule has 0 saturated carbocycles. The minimum absolute atomic E-state index is 0.184. The molecule has 0 saturated heterocycles. The average Bonchev–Trinajstić information content (AvgIpc) is 1.58. The molecular formula is C8H17F3. The minimum Gasteiger partial charge on any atom is -0.171 e. The van der Waals surface area contributed by atoms with Gasteiger partial charge in [-0.05, 0) is 12.3 Å². The van der Waals surface area contributed by atoms with E-state index in [0.29, 0.717) is 0 Å². The quantitative estimate of drug-likeness (QED) is 0.557. The molecule has 0 fully saturated rings. The lowest BCUT2D eigenvalue weighted by Gasteiger charge is -2.00. The molecule has 11 heavy (non-hydrogen) atoms. The zero-order valence-electron chi connectivity index (χ0n) is 7.63. The third-order valence-electron chi connectivity index (χ3n) is 0.533. The fourth-order valence-electron chi connectivity index (χ4n) is 0.283. The average molecular weight is 170 g/mol. The Balaban J connectivity index is 0. The fourth-order valence-corrected chi connectivity index (χ4v) is 0.283. The van der Waals surface area contributed by atoms with Crippen LogP contribution in [0, 0.1) is 5.92 Å². The third-order valence-corrected chi connectivity index (χ3v) is 0.533. The molecule has 0 nitrogen and oxygen atoms in total. The second-order valence-electron chi connectivity index (χ2n) is 3.10. The van der Waals surface area contributed by atoms with Gasteiger partial charge < -0.3 is 0 Å². The van der Waals surface area contributed by atoms with E-state index in [0.717, 1.165) is 5.92 Å². The molecule has 0 amide bonds. The Bertz CT molecular complexity index is 71.1. The van der Waals surface area contributed by atoms with Crippen molar-refractivity contribution >= 4 is 0 Å². The first kappa shape index (κ1) is 13.4. The molecule has 0 radical (unpaired) electrons. The molecule has 0 rings (SSSR count). The smallest absolute Gasteiger partial charge is 0.171 e. The molecule has 70 valence electrons. The summed E-state index contributed by atoms with van der Waals surface area (Å²) in [5, 5.41) is 0. The van der Waals surface area contributed by atoms with Crippen LogP contribution in [-0.2, 0) is 0 Å². The minimum atomic E-state index is -3.95. The molecular weight excluding hydrogens is 153 g/mol. The maximum atomic E-state index is 11.1. The predicted molar refractivity (Wildman–Crippen MR) is 41.5 cm³/mol. The molecule has 0 aromatic rings. The zero-order valence-corrected chi connectivity index (χ0v) is 7.63. The van der Waals surface area contributed by atoms with Crippen LogP contribution in [0.5, 0.6) is 0 Å². The maximum absolute atomic E-state index is 11.1. The standard InChI is InChI=1S/C4H7F3.C4H10/c1-2-3-4(5,6)7;1-4(2)3/h2-3H2,1H3;4H,1-3H3. The molecule has 0 aliphatic rings. The van der Waals surface area contributed by atoms with Gasteiger partial charge in [0, 0.05) is 6.42 Å².